The molecule has 1 fully saturated rings. The Balaban J connectivity index is 1.64. The molecule has 1 aliphatic heterocycles. The van der Waals surface area contributed by atoms with Crippen LogP contribution in [-0.2, 0) is 11.2 Å². The summed E-state index contributed by atoms with van der Waals surface area (Å²) in [7, 11) is 1.61. The highest BCUT2D eigenvalue weighted by molar-refractivity contribution is 5.84. The van der Waals surface area contributed by atoms with Crippen LogP contribution in [0.3, 0.4) is 0 Å². The maximum Gasteiger partial charge on any atom is 0.221 e. The quantitative estimate of drug-likeness (QED) is 0.814. The number of hydrogen-bond acceptors (Lipinski definition) is 5. The Hall–Kier alpha value is -2.71. The number of nitrogens with zero attached hydrogens (tertiary/aromatic N) is 2. The van der Waals surface area contributed by atoms with Crippen molar-refractivity contribution < 1.29 is 9.53 Å². The molecule has 5 nitrogen and oxygen atoms in total. The first-order valence-corrected chi connectivity index (χ1v) is 9.45. The first-order chi connectivity index (χ1) is 13.2. The summed E-state index contributed by atoms with van der Waals surface area (Å²) in [6, 6.07) is 14.1. The zero-order valence-electron chi connectivity index (χ0n) is 15.6. The maximum atomic E-state index is 12.4. The number of benzene rings is 1. The number of piperidine rings is 1. The van der Waals surface area contributed by atoms with Crippen molar-refractivity contribution in [2.45, 2.75) is 38.1 Å². The highest BCUT2D eigenvalue weighted by Crippen LogP contribution is 2.28. The number of carbonyl (C=O) groups excluding carboxylic acids is 1. The molecule has 1 aromatic carbocycles. The molecule has 27 heavy (non-hydrogen) atoms. The topological polar surface area (TPSA) is 75.0 Å². The fraction of sp³-hybridized carbons (Fsp3) is 0.409. The number of hydrogen-bond donors (Lipinski definition) is 1. The Morgan fingerprint density at radius 1 is 1.33 bits per heavy atom. The van der Waals surface area contributed by atoms with Crippen molar-refractivity contribution in [1.82, 2.24) is 10.3 Å². The van der Waals surface area contributed by atoms with E-state index in [0.29, 0.717) is 18.7 Å². The Morgan fingerprint density at radius 2 is 2.15 bits per heavy atom. The van der Waals surface area contributed by atoms with Gasteiger partial charge in [-0.3, -0.25) is 4.79 Å². The van der Waals surface area contributed by atoms with Gasteiger partial charge in [-0.1, -0.05) is 30.7 Å². The number of Topliss-reactive ketones (excluding diaryl/α,β-unsaturated/α-hetero) is 1. The number of ketones is 1. The average molecular weight is 363 g/mol. The van der Waals surface area contributed by atoms with E-state index in [1.165, 1.54) is 0 Å². The predicted octanol–water partition coefficient (Wildman–Crippen LogP) is 3.54. The van der Waals surface area contributed by atoms with E-state index in [-0.39, 0.29) is 17.7 Å². The summed E-state index contributed by atoms with van der Waals surface area (Å²) in [6.45, 7) is 0.896. The fourth-order valence-electron chi connectivity index (χ4n) is 3.55. The number of nitrogens with one attached hydrogen (secondary N) is 1. The number of rotatable bonds is 7. The minimum absolute atomic E-state index is 0.0741. The molecule has 1 N–H and O–H groups in total. The zero-order chi connectivity index (χ0) is 19.1. The van der Waals surface area contributed by atoms with Crippen LogP contribution in [0.15, 0.2) is 42.6 Å². The van der Waals surface area contributed by atoms with E-state index in [2.05, 4.69) is 16.4 Å². The molecule has 0 radical (unpaired) electrons. The van der Waals surface area contributed by atoms with E-state index in [1.54, 1.807) is 13.3 Å². The fourth-order valence-corrected chi connectivity index (χ4v) is 3.55. The molecule has 0 unspecified atom stereocenters. The van der Waals surface area contributed by atoms with Gasteiger partial charge in [0.15, 0.2) is 5.78 Å². The molecule has 140 valence electrons. The lowest BCUT2D eigenvalue weighted by Crippen LogP contribution is -2.41. The van der Waals surface area contributed by atoms with Crippen molar-refractivity contribution >= 4 is 5.78 Å². The second-order valence-corrected chi connectivity index (χ2v) is 6.96. The summed E-state index contributed by atoms with van der Waals surface area (Å²) in [5.41, 5.74) is 3.00. The second kappa shape index (κ2) is 9.29. The number of nitriles is 1. The molecule has 0 bridgehead atoms. The molecule has 1 aliphatic rings. The van der Waals surface area contributed by atoms with Gasteiger partial charge in [0.25, 0.3) is 0 Å². The van der Waals surface area contributed by atoms with Crippen LogP contribution < -0.4 is 10.1 Å². The summed E-state index contributed by atoms with van der Waals surface area (Å²) in [4.78, 5) is 16.7. The Kier molecular flexibility index (Phi) is 6.56. The van der Waals surface area contributed by atoms with Gasteiger partial charge in [0, 0.05) is 18.2 Å². The number of pyridine rings is 1. The minimum Gasteiger partial charge on any atom is -0.481 e. The van der Waals surface area contributed by atoms with E-state index in [9.17, 15) is 10.1 Å². The van der Waals surface area contributed by atoms with Crippen LogP contribution in [0.5, 0.6) is 5.88 Å². The van der Waals surface area contributed by atoms with Crippen LogP contribution in [0.25, 0.3) is 11.1 Å². The summed E-state index contributed by atoms with van der Waals surface area (Å²) >= 11 is 0. The molecular formula is C22H25N3O2. The van der Waals surface area contributed by atoms with Gasteiger partial charge in [-0.25, -0.2) is 4.98 Å². The lowest BCUT2D eigenvalue weighted by Gasteiger charge is -2.23. The third-order valence-electron chi connectivity index (χ3n) is 5.04. The summed E-state index contributed by atoms with van der Waals surface area (Å²) in [6.07, 6.45) is 5.69. The molecule has 2 aromatic rings. The second-order valence-electron chi connectivity index (χ2n) is 6.96. The standard InChI is InChI=1S/C22H25N3O2/c1-27-22-19(5-4-12-25-22)18-9-7-16(8-10-18)13-17(15-23)14-21(26)20-6-2-3-11-24-20/h4-5,7-10,12,17,20,24H,2-3,6,11,13-14H2,1H3/t17-,20+/m1/s1. The number of aromatic nitrogens is 1. The minimum atomic E-state index is -0.292. The molecule has 0 amide bonds. The normalized spacial score (nSPS) is 17.7. The van der Waals surface area contributed by atoms with Crippen molar-refractivity contribution in [3.05, 3.63) is 48.2 Å². The lowest BCUT2D eigenvalue weighted by atomic mass is 9.90. The van der Waals surface area contributed by atoms with Gasteiger partial charge in [-0.2, -0.15) is 5.26 Å². The number of ether oxygens (including phenoxy) is 1. The molecule has 2 heterocycles. The maximum absolute atomic E-state index is 12.4. The summed E-state index contributed by atoms with van der Waals surface area (Å²) in [5, 5.41) is 12.8. The first kappa shape index (κ1) is 19.1. The van der Waals surface area contributed by atoms with Crippen LogP contribution in [0, 0.1) is 17.2 Å². The highest BCUT2D eigenvalue weighted by atomic mass is 16.5. The molecule has 5 heteroatoms. The summed E-state index contributed by atoms with van der Waals surface area (Å²) in [5.74, 6) is 0.462. The van der Waals surface area contributed by atoms with E-state index < -0.39 is 0 Å². The van der Waals surface area contributed by atoms with Crippen LogP contribution in [0.2, 0.25) is 0 Å². The molecule has 2 atom stereocenters. The van der Waals surface area contributed by atoms with Gasteiger partial charge in [0.05, 0.1) is 25.1 Å². The highest BCUT2D eigenvalue weighted by Gasteiger charge is 2.23. The SMILES string of the molecule is COc1ncccc1-c1ccc(C[C@@H](C#N)CC(=O)[C@@H]2CCCCN2)cc1. The lowest BCUT2D eigenvalue weighted by molar-refractivity contribution is -0.122. The smallest absolute Gasteiger partial charge is 0.221 e. The van der Waals surface area contributed by atoms with Crippen molar-refractivity contribution in [3.63, 3.8) is 0 Å². The molecular weight excluding hydrogens is 338 g/mol. The Bertz CT molecular complexity index is 805. The monoisotopic (exact) mass is 363 g/mol. The first-order valence-electron chi connectivity index (χ1n) is 9.45. The van der Waals surface area contributed by atoms with Crippen LogP contribution >= 0.6 is 0 Å². The third kappa shape index (κ3) is 4.93. The molecule has 3 rings (SSSR count). The van der Waals surface area contributed by atoms with E-state index in [1.807, 2.05) is 36.4 Å². The molecule has 0 aliphatic carbocycles. The number of methoxy groups -OCH3 is 1. The largest absolute Gasteiger partial charge is 0.481 e. The molecule has 0 saturated carbocycles. The van der Waals surface area contributed by atoms with E-state index in [4.69, 9.17) is 4.74 Å². The Morgan fingerprint density at radius 3 is 2.81 bits per heavy atom. The van der Waals surface area contributed by atoms with Gasteiger partial charge < -0.3 is 10.1 Å². The Labute approximate surface area is 160 Å². The van der Waals surface area contributed by atoms with Crippen molar-refractivity contribution in [2.75, 3.05) is 13.7 Å². The van der Waals surface area contributed by atoms with Crippen LogP contribution in [0.1, 0.15) is 31.2 Å². The van der Waals surface area contributed by atoms with E-state index >= 15 is 0 Å². The summed E-state index contributed by atoms with van der Waals surface area (Å²) < 4.78 is 5.32. The van der Waals surface area contributed by atoms with Gasteiger partial charge in [-0.15, -0.1) is 0 Å². The van der Waals surface area contributed by atoms with Crippen molar-refractivity contribution in [1.29, 1.82) is 5.26 Å². The molecule has 1 aromatic heterocycles. The van der Waals surface area contributed by atoms with Crippen LogP contribution in [-0.4, -0.2) is 30.5 Å². The van der Waals surface area contributed by atoms with Crippen molar-refractivity contribution in [2.24, 2.45) is 5.92 Å². The van der Waals surface area contributed by atoms with Gasteiger partial charge in [-0.05, 0) is 49.1 Å². The van der Waals surface area contributed by atoms with Crippen molar-refractivity contribution in [3.8, 4) is 23.1 Å². The van der Waals surface area contributed by atoms with E-state index in [0.717, 1.165) is 42.5 Å². The number of carbonyl (C=O) groups is 1. The van der Waals surface area contributed by atoms with Crippen LogP contribution in [0.4, 0.5) is 0 Å². The zero-order valence-corrected chi connectivity index (χ0v) is 15.6. The third-order valence-corrected chi connectivity index (χ3v) is 5.04. The van der Waals surface area contributed by atoms with Gasteiger partial charge >= 0.3 is 0 Å². The molecule has 0 spiro atoms. The van der Waals surface area contributed by atoms with Gasteiger partial charge in [0.2, 0.25) is 5.88 Å². The predicted molar refractivity (Wildman–Crippen MR) is 104 cm³/mol. The average Bonchev–Trinajstić information content (AvgIpc) is 2.74. The van der Waals surface area contributed by atoms with Gasteiger partial charge in [0.1, 0.15) is 0 Å². The molecule has 1 saturated heterocycles.